The van der Waals surface area contributed by atoms with Gasteiger partial charge in [-0.1, -0.05) is 35.2 Å². The molecule has 0 saturated heterocycles. The van der Waals surface area contributed by atoms with Crippen LogP contribution in [0.1, 0.15) is 55.8 Å². The Labute approximate surface area is 146 Å². The van der Waals surface area contributed by atoms with Crippen molar-refractivity contribution in [2.45, 2.75) is 51.5 Å². The number of hydrogen-bond acceptors (Lipinski definition) is 2. The summed E-state index contributed by atoms with van der Waals surface area (Å²) in [7, 11) is 0. The standard InChI is InChI=1S/C18H25BrN2O2/c1-2-21(16-6-4-3-5-7-16)17(22)12-13-20-18(23)14-8-10-15(19)11-9-14/h8-11,16H,2-7,12-13H2,1H3,(H,20,23). The molecule has 0 aliphatic heterocycles. The molecule has 0 aromatic heterocycles. The largest absolute Gasteiger partial charge is 0.352 e. The van der Waals surface area contributed by atoms with Crippen LogP contribution in [0.3, 0.4) is 0 Å². The van der Waals surface area contributed by atoms with Crippen LogP contribution in [-0.2, 0) is 4.79 Å². The molecule has 2 rings (SSSR count). The number of carbonyl (C=O) groups is 2. The number of halogens is 1. The molecular formula is C18H25BrN2O2. The van der Waals surface area contributed by atoms with E-state index in [1.165, 1.54) is 19.3 Å². The highest BCUT2D eigenvalue weighted by molar-refractivity contribution is 9.10. The average molecular weight is 381 g/mol. The molecule has 4 nitrogen and oxygen atoms in total. The van der Waals surface area contributed by atoms with Crippen molar-refractivity contribution in [3.63, 3.8) is 0 Å². The Kier molecular flexibility index (Phi) is 7.09. The lowest BCUT2D eigenvalue weighted by molar-refractivity contribution is -0.133. The van der Waals surface area contributed by atoms with E-state index in [0.29, 0.717) is 24.6 Å². The van der Waals surface area contributed by atoms with E-state index in [9.17, 15) is 9.59 Å². The highest BCUT2D eigenvalue weighted by Gasteiger charge is 2.23. The van der Waals surface area contributed by atoms with E-state index in [1.807, 2.05) is 24.0 Å². The molecule has 23 heavy (non-hydrogen) atoms. The minimum atomic E-state index is -0.133. The predicted octanol–water partition coefficient (Wildman–Crippen LogP) is 3.75. The lowest BCUT2D eigenvalue weighted by Gasteiger charge is -2.33. The van der Waals surface area contributed by atoms with Gasteiger partial charge in [0.15, 0.2) is 0 Å². The van der Waals surface area contributed by atoms with Crippen molar-refractivity contribution in [1.29, 1.82) is 0 Å². The summed E-state index contributed by atoms with van der Waals surface area (Å²) in [5, 5.41) is 2.83. The van der Waals surface area contributed by atoms with Crippen molar-refractivity contribution in [3.8, 4) is 0 Å². The molecule has 1 fully saturated rings. The smallest absolute Gasteiger partial charge is 0.251 e. The van der Waals surface area contributed by atoms with Gasteiger partial charge in [0.25, 0.3) is 5.91 Å². The van der Waals surface area contributed by atoms with Crippen molar-refractivity contribution in [2.75, 3.05) is 13.1 Å². The minimum Gasteiger partial charge on any atom is -0.352 e. The molecule has 126 valence electrons. The summed E-state index contributed by atoms with van der Waals surface area (Å²) in [5.74, 6) is 0.0153. The van der Waals surface area contributed by atoms with Gasteiger partial charge in [0.05, 0.1) is 0 Å². The minimum absolute atomic E-state index is 0.133. The molecule has 1 aromatic rings. The Morgan fingerprint density at radius 1 is 1.17 bits per heavy atom. The summed E-state index contributed by atoms with van der Waals surface area (Å²) in [6.45, 7) is 3.17. The van der Waals surface area contributed by atoms with Crippen LogP contribution in [0.15, 0.2) is 28.7 Å². The summed E-state index contributed by atoms with van der Waals surface area (Å²) >= 11 is 3.35. The maximum atomic E-state index is 12.4. The normalized spacial score (nSPS) is 15.2. The molecular weight excluding hydrogens is 356 g/mol. The third-order valence-corrected chi connectivity index (χ3v) is 4.94. The van der Waals surface area contributed by atoms with Gasteiger partial charge in [0.2, 0.25) is 5.91 Å². The van der Waals surface area contributed by atoms with Gasteiger partial charge in [0.1, 0.15) is 0 Å². The van der Waals surface area contributed by atoms with Crippen LogP contribution in [0.2, 0.25) is 0 Å². The molecule has 0 radical (unpaired) electrons. The van der Waals surface area contributed by atoms with E-state index in [-0.39, 0.29) is 11.8 Å². The van der Waals surface area contributed by atoms with Crippen molar-refractivity contribution < 1.29 is 9.59 Å². The van der Waals surface area contributed by atoms with Crippen LogP contribution in [-0.4, -0.2) is 35.8 Å². The topological polar surface area (TPSA) is 49.4 Å². The Morgan fingerprint density at radius 3 is 2.43 bits per heavy atom. The summed E-state index contributed by atoms with van der Waals surface area (Å²) in [6, 6.07) is 7.59. The van der Waals surface area contributed by atoms with Gasteiger partial charge in [-0.15, -0.1) is 0 Å². The van der Waals surface area contributed by atoms with Crippen LogP contribution < -0.4 is 5.32 Å². The molecule has 1 saturated carbocycles. The van der Waals surface area contributed by atoms with Crippen LogP contribution >= 0.6 is 15.9 Å². The Balaban J connectivity index is 1.78. The Bertz CT molecular complexity index is 524. The summed E-state index contributed by atoms with van der Waals surface area (Å²) in [4.78, 5) is 26.4. The number of rotatable bonds is 6. The van der Waals surface area contributed by atoms with Crippen molar-refractivity contribution in [2.24, 2.45) is 0 Å². The van der Waals surface area contributed by atoms with Gasteiger partial charge < -0.3 is 10.2 Å². The highest BCUT2D eigenvalue weighted by atomic mass is 79.9. The molecule has 2 amide bonds. The van der Waals surface area contributed by atoms with Gasteiger partial charge in [-0.05, 0) is 44.0 Å². The fraction of sp³-hybridized carbons (Fsp3) is 0.556. The van der Waals surface area contributed by atoms with Gasteiger partial charge >= 0.3 is 0 Å². The first-order chi connectivity index (χ1) is 11.1. The van der Waals surface area contributed by atoms with E-state index < -0.39 is 0 Å². The second-order valence-corrected chi connectivity index (χ2v) is 6.90. The quantitative estimate of drug-likeness (QED) is 0.816. The molecule has 1 aliphatic rings. The Hall–Kier alpha value is -1.36. The first kappa shape index (κ1) is 18.0. The zero-order valence-corrected chi connectivity index (χ0v) is 15.3. The maximum Gasteiger partial charge on any atom is 0.251 e. The molecule has 1 aliphatic carbocycles. The zero-order chi connectivity index (χ0) is 16.7. The second kappa shape index (κ2) is 9.06. The molecule has 0 atom stereocenters. The molecule has 0 unspecified atom stereocenters. The van der Waals surface area contributed by atoms with E-state index in [2.05, 4.69) is 21.2 Å². The fourth-order valence-corrected chi connectivity index (χ4v) is 3.43. The third-order valence-electron chi connectivity index (χ3n) is 4.41. The summed E-state index contributed by atoms with van der Waals surface area (Å²) in [5.41, 5.74) is 0.611. The van der Waals surface area contributed by atoms with Crippen LogP contribution in [0, 0.1) is 0 Å². The number of nitrogens with zero attached hydrogens (tertiary/aromatic N) is 1. The van der Waals surface area contributed by atoms with Crippen LogP contribution in [0.25, 0.3) is 0 Å². The molecule has 1 N–H and O–H groups in total. The lowest BCUT2D eigenvalue weighted by Crippen LogP contribution is -2.42. The van der Waals surface area contributed by atoms with E-state index in [4.69, 9.17) is 0 Å². The predicted molar refractivity (Wildman–Crippen MR) is 95.4 cm³/mol. The van der Waals surface area contributed by atoms with Crippen LogP contribution in [0.4, 0.5) is 0 Å². The first-order valence-corrected chi connectivity index (χ1v) is 9.24. The lowest BCUT2D eigenvalue weighted by atomic mass is 9.94. The van der Waals surface area contributed by atoms with Gasteiger partial charge in [-0.3, -0.25) is 9.59 Å². The number of carbonyl (C=O) groups excluding carboxylic acids is 2. The van der Waals surface area contributed by atoms with Gasteiger partial charge in [0, 0.05) is 35.6 Å². The average Bonchev–Trinajstić information content (AvgIpc) is 2.57. The van der Waals surface area contributed by atoms with Gasteiger partial charge in [-0.25, -0.2) is 0 Å². The molecule has 0 heterocycles. The monoisotopic (exact) mass is 380 g/mol. The van der Waals surface area contributed by atoms with Crippen molar-refractivity contribution >= 4 is 27.7 Å². The van der Waals surface area contributed by atoms with E-state index in [1.54, 1.807) is 12.1 Å². The molecule has 5 heteroatoms. The first-order valence-electron chi connectivity index (χ1n) is 8.45. The number of amides is 2. The van der Waals surface area contributed by atoms with E-state index >= 15 is 0 Å². The Morgan fingerprint density at radius 2 is 1.83 bits per heavy atom. The van der Waals surface area contributed by atoms with E-state index in [0.717, 1.165) is 23.9 Å². The summed E-state index contributed by atoms with van der Waals surface area (Å²) < 4.78 is 0.940. The van der Waals surface area contributed by atoms with Gasteiger partial charge in [-0.2, -0.15) is 0 Å². The van der Waals surface area contributed by atoms with Crippen molar-refractivity contribution in [1.82, 2.24) is 10.2 Å². The van der Waals surface area contributed by atoms with Crippen molar-refractivity contribution in [3.05, 3.63) is 34.3 Å². The second-order valence-electron chi connectivity index (χ2n) is 5.98. The highest BCUT2D eigenvalue weighted by Crippen LogP contribution is 2.22. The third kappa shape index (κ3) is 5.34. The number of nitrogens with one attached hydrogen (secondary N) is 1. The molecule has 0 bridgehead atoms. The molecule has 0 spiro atoms. The zero-order valence-electron chi connectivity index (χ0n) is 13.7. The maximum absolute atomic E-state index is 12.4. The molecule has 1 aromatic carbocycles. The SMILES string of the molecule is CCN(C(=O)CCNC(=O)c1ccc(Br)cc1)C1CCCCC1. The number of hydrogen-bond donors (Lipinski definition) is 1. The fourth-order valence-electron chi connectivity index (χ4n) is 3.16. The summed E-state index contributed by atoms with van der Waals surface area (Å²) in [6.07, 6.45) is 6.32. The number of benzene rings is 1. The van der Waals surface area contributed by atoms with Crippen LogP contribution in [0.5, 0.6) is 0 Å².